The molecule has 9 heteroatoms. The van der Waals surface area contributed by atoms with Crippen LogP contribution in [0.5, 0.6) is 5.75 Å². The highest BCUT2D eigenvalue weighted by Crippen LogP contribution is 2.34. The number of piperazine rings is 1. The van der Waals surface area contributed by atoms with Gasteiger partial charge in [-0.2, -0.15) is 0 Å². The molecule has 1 N–H and O–H groups in total. The Morgan fingerprint density at radius 1 is 1.08 bits per heavy atom. The maximum atomic E-state index is 13.4. The molecular formula is C30H38N4O5. The zero-order valence-corrected chi connectivity index (χ0v) is 23.6. The van der Waals surface area contributed by atoms with Crippen LogP contribution in [0, 0.1) is 13.8 Å². The van der Waals surface area contributed by atoms with Gasteiger partial charge in [-0.25, -0.2) is 9.59 Å². The summed E-state index contributed by atoms with van der Waals surface area (Å²) in [6.07, 6.45) is 0. The van der Waals surface area contributed by atoms with E-state index < -0.39 is 12.0 Å². The first-order valence-corrected chi connectivity index (χ1v) is 13.3. The Kier molecular flexibility index (Phi) is 8.60. The molecule has 0 aliphatic carbocycles. The van der Waals surface area contributed by atoms with Crippen molar-refractivity contribution in [2.24, 2.45) is 0 Å². The van der Waals surface area contributed by atoms with Crippen molar-refractivity contribution < 1.29 is 23.9 Å². The van der Waals surface area contributed by atoms with Gasteiger partial charge in [-0.1, -0.05) is 23.8 Å². The van der Waals surface area contributed by atoms with Crippen LogP contribution in [0.4, 0.5) is 4.79 Å². The maximum Gasteiger partial charge on any atom is 0.338 e. The number of benzene rings is 2. The molecule has 0 bridgehead atoms. The summed E-state index contributed by atoms with van der Waals surface area (Å²) in [7, 11) is 3.27. The highest BCUT2D eigenvalue weighted by Gasteiger charge is 2.39. The number of hydrogen-bond acceptors (Lipinski definition) is 6. The van der Waals surface area contributed by atoms with Crippen LogP contribution in [0.3, 0.4) is 0 Å². The summed E-state index contributed by atoms with van der Waals surface area (Å²) in [6.45, 7) is 10.1. The first kappa shape index (κ1) is 28.2. The second-order valence-corrected chi connectivity index (χ2v) is 10.2. The third kappa shape index (κ3) is 5.93. The van der Waals surface area contributed by atoms with Crippen LogP contribution in [0.1, 0.15) is 46.9 Å². The number of carbonyl (C=O) groups excluding carboxylic acids is 3. The summed E-state index contributed by atoms with van der Waals surface area (Å²) in [5, 5.41) is 3.01. The fourth-order valence-electron chi connectivity index (χ4n) is 5.29. The number of rotatable bonds is 7. The summed E-state index contributed by atoms with van der Waals surface area (Å²) in [5.74, 6) is 0.238. The van der Waals surface area contributed by atoms with Crippen molar-refractivity contribution in [3.63, 3.8) is 0 Å². The molecule has 3 amide bonds. The minimum Gasteiger partial charge on any atom is -0.497 e. The first-order chi connectivity index (χ1) is 18.6. The summed E-state index contributed by atoms with van der Waals surface area (Å²) >= 11 is 0. The number of aryl methyl sites for hydroxylation is 2. The van der Waals surface area contributed by atoms with E-state index in [9.17, 15) is 14.4 Å². The Bertz CT molecular complexity index is 1270. The highest BCUT2D eigenvalue weighted by molar-refractivity contribution is 5.96. The van der Waals surface area contributed by atoms with Crippen molar-refractivity contribution in [3.8, 4) is 5.75 Å². The van der Waals surface area contributed by atoms with E-state index in [4.69, 9.17) is 9.47 Å². The lowest BCUT2D eigenvalue weighted by Gasteiger charge is -2.42. The average molecular weight is 535 g/mol. The largest absolute Gasteiger partial charge is 0.497 e. The Morgan fingerprint density at radius 2 is 1.79 bits per heavy atom. The quantitative estimate of drug-likeness (QED) is 0.545. The number of amides is 3. The smallest absolute Gasteiger partial charge is 0.338 e. The van der Waals surface area contributed by atoms with Crippen LogP contribution in [0.25, 0.3) is 0 Å². The monoisotopic (exact) mass is 534 g/mol. The molecule has 2 heterocycles. The Hall–Kier alpha value is -3.85. The zero-order valence-electron chi connectivity index (χ0n) is 23.6. The molecule has 2 atom stereocenters. The third-order valence-electron chi connectivity index (χ3n) is 7.50. The number of hydrogen-bond donors (Lipinski definition) is 1. The number of nitrogens with one attached hydrogen (secondary N) is 1. The average Bonchev–Trinajstić information content (AvgIpc) is 2.92. The lowest BCUT2D eigenvalue weighted by molar-refractivity contribution is -0.139. The third-order valence-corrected chi connectivity index (χ3v) is 7.50. The zero-order chi connectivity index (χ0) is 28.3. The molecule has 2 aliphatic rings. The van der Waals surface area contributed by atoms with Crippen LogP contribution in [-0.4, -0.2) is 85.6 Å². The van der Waals surface area contributed by atoms with E-state index in [1.165, 1.54) is 4.90 Å². The summed E-state index contributed by atoms with van der Waals surface area (Å²) in [5.41, 5.74) is 4.57. The van der Waals surface area contributed by atoms with Crippen LogP contribution in [0.2, 0.25) is 0 Å². The lowest BCUT2D eigenvalue weighted by atomic mass is 9.90. The summed E-state index contributed by atoms with van der Waals surface area (Å²) in [6, 6.07) is 12.2. The Balaban J connectivity index is 1.60. The number of ether oxygens (including phenoxy) is 2. The van der Waals surface area contributed by atoms with E-state index in [-0.39, 0.29) is 24.6 Å². The fraction of sp³-hybridized carbons (Fsp3) is 0.433. The molecule has 1 fully saturated rings. The molecule has 4 rings (SSSR count). The topological polar surface area (TPSA) is 91.4 Å². The number of esters is 1. The molecule has 208 valence electrons. The Morgan fingerprint density at radius 3 is 2.44 bits per heavy atom. The van der Waals surface area contributed by atoms with Crippen molar-refractivity contribution in [2.75, 3.05) is 46.9 Å². The van der Waals surface area contributed by atoms with Crippen molar-refractivity contribution in [2.45, 2.75) is 39.8 Å². The number of carbonyl (C=O) groups is 3. The van der Waals surface area contributed by atoms with Crippen molar-refractivity contribution >= 4 is 17.9 Å². The number of nitrogens with zero attached hydrogens (tertiary/aromatic N) is 3. The van der Waals surface area contributed by atoms with Gasteiger partial charge >= 0.3 is 12.0 Å². The maximum absolute atomic E-state index is 13.4. The number of urea groups is 1. The lowest BCUT2D eigenvalue weighted by Crippen LogP contribution is -2.56. The van der Waals surface area contributed by atoms with Gasteiger partial charge in [0, 0.05) is 50.5 Å². The Labute approximate surface area is 230 Å². The number of methoxy groups -OCH3 is 1. The molecular weight excluding hydrogens is 496 g/mol. The van der Waals surface area contributed by atoms with Gasteiger partial charge in [0.2, 0.25) is 0 Å². The molecule has 0 radical (unpaired) electrons. The normalized spacial score (nSPS) is 20.1. The van der Waals surface area contributed by atoms with Crippen LogP contribution >= 0.6 is 0 Å². The van der Waals surface area contributed by atoms with Crippen LogP contribution in [0.15, 0.2) is 53.7 Å². The highest BCUT2D eigenvalue weighted by atomic mass is 16.5. The van der Waals surface area contributed by atoms with Gasteiger partial charge in [-0.15, -0.1) is 0 Å². The minimum absolute atomic E-state index is 0.0274. The van der Waals surface area contributed by atoms with E-state index in [0.29, 0.717) is 48.8 Å². The summed E-state index contributed by atoms with van der Waals surface area (Å²) < 4.78 is 10.7. The van der Waals surface area contributed by atoms with Crippen LogP contribution in [-0.2, 0) is 9.53 Å². The molecule has 0 unspecified atom stereocenters. The molecule has 2 aromatic carbocycles. The minimum atomic E-state index is -0.613. The molecule has 0 saturated carbocycles. The molecule has 0 aromatic heterocycles. The first-order valence-electron chi connectivity index (χ1n) is 13.3. The van der Waals surface area contributed by atoms with Crippen molar-refractivity contribution in [3.05, 3.63) is 76.0 Å². The second kappa shape index (κ2) is 11.9. The van der Waals surface area contributed by atoms with E-state index in [0.717, 1.165) is 16.7 Å². The molecule has 39 heavy (non-hydrogen) atoms. The van der Waals surface area contributed by atoms with E-state index in [1.54, 1.807) is 45.3 Å². The predicted molar refractivity (Wildman–Crippen MR) is 149 cm³/mol. The van der Waals surface area contributed by atoms with Crippen LogP contribution < -0.4 is 10.1 Å². The predicted octanol–water partition coefficient (Wildman–Crippen LogP) is 3.67. The van der Waals surface area contributed by atoms with E-state index in [2.05, 4.69) is 10.2 Å². The van der Waals surface area contributed by atoms with Gasteiger partial charge in [0.25, 0.3) is 5.91 Å². The van der Waals surface area contributed by atoms with Gasteiger partial charge in [0.15, 0.2) is 0 Å². The standard InChI is InChI=1S/C30H38N4O5/c1-7-39-29(36)26-25(32(5)30(37)31-27(26)24-16-19(2)8-9-20(24)3)18-33-14-15-34(21(4)17-33)28(35)22-10-12-23(38-6)13-11-22/h8-13,16,21,27H,7,14-15,17-18H2,1-6H3,(H,31,37)/t21-,27+/m0/s1. The van der Waals surface area contributed by atoms with Crippen molar-refractivity contribution in [1.29, 1.82) is 0 Å². The molecule has 0 spiro atoms. The number of likely N-dealkylation sites (N-methyl/N-ethyl adjacent to an activating group) is 1. The second-order valence-electron chi connectivity index (χ2n) is 10.2. The molecule has 1 saturated heterocycles. The molecule has 2 aliphatic heterocycles. The van der Waals surface area contributed by atoms with E-state index in [1.807, 2.05) is 43.9 Å². The van der Waals surface area contributed by atoms with Gasteiger partial charge in [0.05, 0.1) is 25.3 Å². The van der Waals surface area contributed by atoms with Gasteiger partial charge in [-0.05, 0) is 63.1 Å². The van der Waals surface area contributed by atoms with E-state index >= 15 is 0 Å². The van der Waals surface area contributed by atoms with Crippen molar-refractivity contribution in [1.82, 2.24) is 20.0 Å². The molecule has 2 aromatic rings. The van der Waals surface area contributed by atoms with Gasteiger partial charge in [-0.3, -0.25) is 14.6 Å². The fourth-order valence-corrected chi connectivity index (χ4v) is 5.29. The summed E-state index contributed by atoms with van der Waals surface area (Å²) in [4.78, 5) is 45.2. The van der Waals surface area contributed by atoms with Gasteiger partial charge in [0.1, 0.15) is 5.75 Å². The molecule has 9 nitrogen and oxygen atoms in total. The van der Waals surface area contributed by atoms with Gasteiger partial charge < -0.3 is 19.7 Å². The SMILES string of the molecule is CCOC(=O)C1=C(CN2CCN(C(=O)c3ccc(OC)cc3)[C@@H](C)C2)N(C)C(=O)N[C@@H]1c1cc(C)ccc1C.